The van der Waals surface area contributed by atoms with Crippen LogP contribution in [0.15, 0.2) is 106 Å². The lowest BCUT2D eigenvalue weighted by molar-refractivity contribution is 0.575. The van der Waals surface area contributed by atoms with Gasteiger partial charge < -0.3 is 8.83 Å². The molecule has 0 aliphatic heterocycles. The van der Waals surface area contributed by atoms with E-state index in [2.05, 4.69) is 111 Å². The zero-order valence-electron chi connectivity index (χ0n) is 33.8. The molecule has 0 amide bonds. The minimum atomic E-state index is 0.834. The molecule has 2 nitrogen and oxygen atoms in total. The van der Waals surface area contributed by atoms with E-state index in [4.69, 9.17) is 8.83 Å². The van der Waals surface area contributed by atoms with Crippen LogP contribution in [-0.4, -0.2) is 0 Å². The maximum Gasteiger partial charge on any atom is 0.178 e. The number of unbranched alkanes of at least 4 members (excludes halogenated alkanes) is 14. The Hall–Kier alpha value is -4.82. The number of hydrogen-bond donors (Lipinski definition) is 0. The number of hydrogen-bond acceptors (Lipinski definition) is 2. The first kappa shape index (κ1) is 36.8. The second kappa shape index (κ2) is 16.7. The fourth-order valence-corrected chi connectivity index (χ4v) is 9.39. The van der Waals surface area contributed by atoms with Gasteiger partial charge in [-0.3, -0.25) is 0 Å². The van der Waals surface area contributed by atoms with E-state index in [-0.39, 0.29) is 0 Å². The van der Waals surface area contributed by atoms with Gasteiger partial charge >= 0.3 is 0 Å². The number of fused-ring (bicyclic) bond motifs is 11. The van der Waals surface area contributed by atoms with Crippen molar-refractivity contribution in [1.82, 2.24) is 0 Å². The van der Waals surface area contributed by atoms with Crippen molar-refractivity contribution in [1.29, 1.82) is 0 Å². The molecule has 0 atom stereocenters. The molecule has 0 unspecified atom stereocenters. The van der Waals surface area contributed by atoms with Gasteiger partial charge in [0.05, 0.1) is 0 Å². The first-order valence-electron chi connectivity index (χ1n) is 22.2. The highest BCUT2D eigenvalue weighted by Gasteiger charge is 2.18. The Bertz CT molecular complexity index is 2600. The van der Waals surface area contributed by atoms with Gasteiger partial charge in [0.15, 0.2) is 11.2 Å². The Morgan fingerprint density at radius 1 is 0.304 bits per heavy atom. The van der Waals surface area contributed by atoms with E-state index in [1.54, 1.807) is 0 Å². The van der Waals surface area contributed by atoms with Gasteiger partial charge in [0, 0.05) is 21.5 Å². The van der Waals surface area contributed by atoms with Crippen molar-refractivity contribution in [3.05, 3.63) is 108 Å². The summed E-state index contributed by atoms with van der Waals surface area (Å²) in [5.74, 6) is 0. The van der Waals surface area contributed by atoms with Gasteiger partial charge in [-0.15, -0.1) is 0 Å². The summed E-state index contributed by atoms with van der Waals surface area (Å²) >= 11 is 0. The molecule has 0 N–H and O–H groups in total. The normalized spacial score (nSPS) is 12.3. The van der Waals surface area contributed by atoms with Crippen LogP contribution in [0.3, 0.4) is 0 Å². The lowest BCUT2D eigenvalue weighted by Crippen LogP contribution is -1.87. The number of rotatable bonds is 18. The molecular weight excluding hydrogens is 681 g/mol. The van der Waals surface area contributed by atoms with E-state index in [1.165, 1.54) is 157 Å². The molecule has 2 heteroatoms. The summed E-state index contributed by atoms with van der Waals surface area (Å²) in [4.78, 5) is 0. The van der Waals surface area contributed by atoms with Crippen LogP contribution in [0.5, 0.6) is 0 Å². The molecule has 7 aromatic carbocycles. The van der Waals surface area contributed by atoms with Crippen molar-refractivity contribution in [2.45, 2.75) is 129 Å². The lowest BCUT2D eigenvalue weighted by Gasteiger charge is -2.07. The molecule has 0 saturated heterocycles. The molecule has 0 spiro atoms. The Morgan fingerprint density at radius 3 is 1.09 bits per heavy atom. The predicted octanol–water partition coefficient (Wildman–Crippen LogP) is 17.5. The average Bonchev–Trinajstić information content (AvgIpc) is 3.76. The van der Waals surface area contributed by atoms with Gasteiger partial charge in [0.1, 0.15) is 11.2 Å². The molecule has 9 rings (SSSR count). The van der Waals surface area contributed by atoms with Crippen LogP contribution in [0.1, 0.15) is 128 Å². The average molecular weight is 739 g/mol. The van der Waals surface area contributed by atoms with Gasteiger partial charge in [-0.05, 0) is 141 Å². The fourth-order valence-electron chi connectivity index (χ4n) is 9.39. The van der Waals surface area contributed by atoms with Crippen molar-refractivity contribution in [3.8, 4) is 0 Å². The Labute approximate surface area is 332 Å². The van der Waals surface area contributed by atoms with E-state index >= 15 is 0 Å². The minimum absolute atomic E-state index is 0.834. The smallest absolute Gasteiger partial charge is 0.178 e. The second-order valence-electron chi connectivity index (χ2n) is 16.9. The zero-order chi connectivity index (χ0) is 37.8. The first-order valence-corrected chi connectivity index (χ1v) is 22.2. The van der Waals surface area contributed by atoms with E-state index in [0.29, 0.717) is 0 Å². The summed E-state index contributed by atoms with van der Waals surface area (Å²) < 4.78 is 13.4. The molecule has 0 aliphatic carbocycles. The molecule has 0 saturated carbocycles. The minimum Gasteiger partial charge on any atom is -0.452 e. The van der Waals surface area contributed by atoms with Crippen LogP contribution in [0, 0.1) is 0 Å². The van der Waals surface area contributed by atoms with E-state index in [0.717, 1.165) is 56.7 Å². The number of benzene rings is 7. The van der Waals surface area contributed by atoms with Crippen LogP contribution >= 0.6 is 0 Å². The molecule has 0 bridgehead atoms. The quantitative estimate of drug-likeness (QED) is 0.0647. The highest BCUT2D eigenvalue weighted by Crippen LogP contribution is 2.41. The third-order valence-corrected chi connectivity index (χ3v) is 12.7. The van der Waals surface area contributed by atoms with Gasteiger partial charge in [-0.1, -0.05) is 140 Å². The number of aryl methyl sites for hydroxylation is 2. The first-order chi connectivity index (χ1) is 27.6. The van der Waals surface area contributed by atoms with E-state index < -0.39 is 0 Å². The highest BCUT2D eigenvalue weighted by atomic mass is 16.4. The molecule has 0 aliphatic rings. The summed E-state index contributed by atoms with van der Waals surface area (Å²) in [6, 6.07) is 37.0. The summed E-state index contributed by atoms with van der Waals surface area (Å²) in [6.07, 6.45) is 24.0. The van der Waals surface area contributed by atoms with E-state index in [1.807, 2.05) is 0 Å². The molecule has 0 radical (unpaired) electrons. The van der Waals surface area contributed by atoms with Gasteiger partial charge in [-0.2, -0.15) is 0 Å². The molecule has 2 aromatic heterocycles. The topological polar surface area (TPSA) is 26.3 Å². The Kier molecular flexibility index (Phi) is 11.0. The number of furan rings is 2. The van der Waals surface area contributed by atoms with Crippen molar-refractivity contribution >= 4 is 87.0 Å². The zero-order valence-corrected chi connectivity index (χ0v) is 33.8. The maximum atomic E-state index is 6.70. The Morgan fingerprint density at radius 2 is 0.661 bits per heavy atom. The van der Waals surface area contributed by atoms with Crippen LogP contribution < -0.4 is 0 Å². The highest BCUT2D eigenvalue weighted by molar-refractivity contribution is 6.22. The maximum absolute atomic E-state index is 6.70. The van der Waals surface area contributed by atoms with Crippen LogP contribution in [0.25, 0.3) is 87.0 Å². The predicted molar refractivity (Wildman–Crippen MR) is 244 cm³/mol. The third kappa shape index (κ3) is 7.65. The summed E-state index contributed by atoms with van der Waals surface area (Å²) in [5, 5.41) is 14.6. The van der Waals surface area contributed by atoms with Gasteiger partial charge in [0.25, 0.3) is 0 Å². The van der Waals surface area contributed by atoms with Gasteiger partial charge in [0.2, 0.25) is 0 Å². The molecule has 2 heterocycles. The van der Waals surface area contributed by atoms with Crippen molar-refractivity contribution in [2.24, 2.45) is 0 Å². The van der Waals surface area contributed by atoms with Crippen molar-refractivity contribution in [3.63, 3.8) is 0 Å². The molecule has 56 heavy (non-hydrogen) atoms. The lowest BCUT2D eigenvalue weighted by atomic mass is 9.97. The van der Waals surface area contributed by atoms with Gasteiger partial charge in [-0.25, -0.2) is 0 Å². The summed E-state index contributed by atoms with van der Waals surface area (Å²) in [7, 11) is 0. The van der Waals surface area contributed by atoms with Crippen LogP contribution in [0.4, 0.5) is 0 Å². The van der Waals surface area contributed by atoms with Crippen LogP contribution in [-0.2, 0) is 12.8 Å². The van der Waals surface area contributed by atoms with Crippen molar-refractivity contribution in [2.75, 3.05) is 0 Å². The second-order valence-corrected chi connectivity index (χ2v) is 16.9. The van der Waals surface area contributed by atoms with E-state index in [9.17, 15) is 0 Å². The fraction of sp³-hybridized carbons (Fsp3) is 0.370. The SMILES string of the molecule is CCCCCCCCCCc1ccc2cc3cc4c(cc3cc2c1)oc1c4ccc2c3cc4cc5ccc(CCCCCCCCCC)cc5cc4cc3oc21. The van der Waals surface area contributed by atoms with Crippen molar-refractivity contribution < 1.29 is 8.83 Å². The molecule has 9 aromatic rings. The molecule has 0 fully saturated rings. The largest absolute Gasteiger partial charge is 0.452 e. The summed E-state index contributed by atoms with van der Waals surface area (Å²) in [6.45, 7) is 4.58. The van der Waals surface area contributed by atoms with Crippen LogP contribution in [0.2, 0.25) is 0 Å². The Balaban J connectivity index is 0.964. The monoisotopic (exact) mass is 738 g/mol. The molecular formula is C54H58O2. The summed E-state index contributed by atoms with van der Waals surface area (Å²) in [5.41, 5.74) is 6.38. The molecule has 286 valence electrons. The third-order valence-electron chi connectivity index (χ3n) is 12.7. The standard InChI is InChI=1S/C54H58O2/c1-3-5-7-9-11-13-15-17-19-37-21-23-39-29-43-33-49-47-25-26-48-50-34-44-30-40-24-22-38(20-18-16-14-12-10-8-6-4-2)28-42(40)32-46(44)36-52(50)56-54(48)53(47)55-51(49)35-45(43)31-41(39)27-37/h21-36H,3-20H2,1-2H3.